The Bertz CT molecular complexity index is 505. The van der Waals surface area contributed by atoms with Gasteiger partial charge in [0.25, 0.3) is 0 Å². The average Bonchev–Trinajstić information content (AvgIpc) is 2.46. The van der Waals surface area contributed by atoms with Gasteiger partial charge in [0.1, 0.15) is 5.75 Å². The second-order valence-corrected chi connectivity index (χ2v) is 5.51. The number of thioether (sulfide) groups is 1. The third kappa shape index (κ3) is 4.01. The number of benzene rings is 2. The number of hydrogen-bond acceptors (Lipinski definition) is 3. The van der Waals surface area contributed by atoms with Gasteiger partial charge in [0.15, 0.2) is 0 Å². The van der Waals surface area contributed by atoms with Gasteiger partial charge in [-0.2, -0.15) is 0 Å². The molecule has 2 aromatic rings. The zero-order valence-corrected chi connectivity index (χ0v) is 12.0. The fraction of sp³-hybridized carbons (Fsp3) is 0.250. The van der Waals surface area contributed by atoms with E-state index in [0.717, 1.165) is 11.3 Å². The monoisotopic (exact) mass is 274 g/mol. The molecule has 0 radical (unpaired) electrons. The quantitative estimate of drug-likeness (QED) is 0.840. The summed E-state index contributed by atoms with van der Waals surface area (Å²) in [5.74, 6) is 1.46. The third-order valence-electron chi connectivity index (χ3n) is 2.93. The number of aliphatic hydroxyl groups excluding tert-OH is 1. The van der Waals surface area contributed by atoms with E-state index < -0.39 is 6.10 Å². The molecule has 1 unspecified atom stereocenters. The molecule has 0 heterocycles. The van der Waals surface area contributed by atoms with E-state index in [1.54, 1.807) is 18.9 Å². The summed E-state index contributed by atoms with van der Waals surface area (Å²) in [6, 6.07) is 15.9. The van der Waals surface area contributed by atoms with Gasteiger partial charge < -0.3 is 9.84 Å². The Hall–Kier alpha value is -1.45. The first-order valence-corrected chi connectivity index (χ1v) is 7.19. The number of aryl methyl sites for hydroxylation is 1. The maximum Gasteiger partial charge on any atom is 0.118 e. The van der Waals surface area contributed by atoms with E-state index in [2.05, 4.69) is 31.2 Å². The maximum absolute atomic E-state index is 10.1. The highest BCUT2D eigenvalue weighted by Gasteiger charge is 2.08. The minimum Gasteiger partial charge on any atom is -0.497 e. The van der Waals surface area contributed by atoms with Crippen LogP contribution in [0.4, 0.5) is 0 Å². The lowest BCUT2D eigenvalue weighted by molar-refractivity contribution is 0.204. The first kappa shape index (κ1) is 14.0. The summed E-state index contributed by atoms with van der Waals surface area (Å²) in [7, 11) is 1.64. The average molecular weight is 274 g/mol. The molecule has 0 saturated heterocycles. The van der Waals surface area contributed by atoms with E-state index in [1.807, 2.05) is 24.3 Å². The number of rotatable bonds is 5. The Morgan fingerprint density at radius 2 is 1.68 bits per heavy atom. The molecule has 1 atom stereocenters. The normalized spacial score (nSPS) is 12.2. The molecule has 2 aromatic carbocycles. The topological polar surface area (TPSA) is 29.5 Å². The van der Waals surface area contributed by atoms with Crippen LogP contribution >= 0.6 is 11.8 Å². The lowest BCUT2D eigenvalue weighted by Crippen LogP contribution is -2.00. The highest BCUT2D eigenvalue weighted by atomic mass is 32.2. The lowest BCUT2D eigenvalue weighted by Gasteiger charge is -2.11. The van der Waals surface area contributed by atoms with E-state index in [9.17, 15) is 5.11 Å². The molecular formula is C16H18O2S. The van der Waals surface area contributed by atoms with E-state index in [1.165, 1.54) is 10.5 Å². The predicted molar refractivity (Wildman–Crippen MR) is 79.9 cm³/mol. The van der Waals surface area contributed by atoms with Gasteiger partial charge in [0, 0.05) is 10.6 Å². The molecule has 0 aliphatic heterocycles. The van der Waals surface area contributed by atoms with Gasteiger partial charge in [-0.25, -0.2) is 0 Å². The van der Waals surface area contributed by atoms with Gasteiger partial charge in [-0.3, -0.25) is 0 Å². The minimum atomic E-state index is -0.461. The van der Waals surface area contributed by atoms with Crippen molar-refractivity contribution in [2.75, 3.05) is 12.9 Å². The zero-order chi connectivity index (χ0) is 13.7. The Morgan fingerprint density at radius 3 is 2.26 bits per heavy atom. The molecular weight excluding hydrogens is 256 g/mol. The Balaban J connectivity index is 1.93. The van der Waals surface area contributed by atoms with Gasteiger partial charge in [-0.15, -0.1) is 11.8 Å². The molecule has 1 N–H and O–H groups in total. The molecule has 0 aliphatic rings. The van der Waals surface area contributed by atoms with Crippen LogP contribution in [0, 0.1) is 6.92 Å². The largest absolute Gasteiger partial charge is 0.497 e. The Kier molecular flexibility index (Phi) is 4.88. The number of methoxy groups -OCH3 is 1. The van der Waals surface area contributed by atoms with Crippen LogP contribution < -0.4 is 4.74 Å². The van der Waals surface area contributed by atoms with Crippen LogP contribution in [0.5, 0.6) is 5.75 Å². The lowest BCUT2D eigenvalue weighted by atomic mass is 10.1. The SMILES string of the molecule is COc1ccc(C(O)CSc2ccc(C)cc2)cc1. The van der Waals surface area contributed by atoms with Gasteiger partial charge in [-0.1, -0.05) is 29.8 Å². The summed E-state index contributed by atoms with van der Waals surface area (Å²) >= 11 is 1.66. The van der Waals surface area contributed by atoms with E-state index in [4.69, 9.17) is 4.74 Å². The second kappa shape index (κ2) is 6.64. The van der Waals surface area contributed by atoms with E-state index >= 15 is 0 Å². The molecule has 2 nitrogen and oxygen atoms in total. The van der Waals surface area contributed by atoms with E-state index in [-0.39, 0.29) is 0 Å². The van der Waals surface area contributed by atoms with Crippen molar-refractivity contribution < 1.29 is 9.84 Å². The highest BCUT2D eigenvalue weighted by molar-refractivity contribution is 7.99. The van der Waals surface area contributed by atoms with Crippen molar-refractivity contribution in [1.82, 2.24) is 0 Å². The first-order valence-electron chi connectivity index (χ1n) is 6.20. The molecule has 0 fully saturated rings. The zero-order valence-electron chi connectivity index (χ0n) is 11.2. The van der Waals surface area contributed by atoms with Gasteiger partial charge in [0.2, 0.25) is 0 Å². The second-order valence-electron chi connectivity index (χ2n) is 4.41. The van der Waals surface area contributed by atoms with Crippen molar-refractivity contribution in [3.05, 3.63) is 59.7 Å². The van der Waals surface area contributed by atoms with Gasteiger partial charge in [0.05, 0.1) is 13.2 Å². The van der Waals surface area contributed by atoms with Crippen LogP contribution in [0.2, 0.25) is 0 Å². The van der Waals surface area contributed by atoms with Crippen molar-refractivity contribution in [2.24, 2.45) is 0 Å². The van der Waals surface area contributed by atoms with Crippen molar-refractivity contribution in [2.45, 2.75) is 17.9 Å². The molecule has 0 aromatic heterocycles. The maximum atomic E-state index is 10.1. The minimum absolute atomic E-state index is 0.461. The molecule has 0 aliphatic carbocycles. The van der Waals surface area contributed by atoms with Gasteiger partial charge in [-0.05, 0) is 36.8 Å². The summed E-state index contributed by atoms with van der Waals surface area (Å²) in [4.78, 5) is 1.18. The highest BCUT2D eigenvalue weighted by Crippen LogP contribution is 2.25. The molecule has 0 amide bonds. The predicted octanol–water partition coefficient (Wildman–Crippen LogP) is 3.83. The molecule has 3 heteroatoms. The van der Waals surface area contributed by atoms with Crippen molar-refractivity contribution in [3.8, 4) is 5.75 Å². The number of ether oxygens (including phenoxy) is 1. The summed E-state index contributed by atoms with van der Waals surface area (Å²) in [5, 5.41) is 10.1. The number of hydrogen-bond donors (Lipinski definition) is 1. The summed E-state index contributed by atoms with van der Waals surface area (Å²) in [6.07, 6.45) is -0.461. The van der Waals surface area contributed by atoms with Crippen LogP contribution in [0.15, 0.2) is 53.4 Å². The molecule has 19 heavy (non-hydrogen) atoms. The van der Waals surface area contributed by atoms with E-state index in [0.29, 0.717) is 5.75 Å². The fourth-order valence-corrected chi connectivity index (χ4v) is 2.60. The van der Waals surface area contributed by atoms with Crippen molar-refractivity contribution in [3.63, 3.8) is 0 Å². The van der Waals surface area contributed by atoms with Crippen LogP contribution in [0.25, 0.3) is 0 Å². The molecule has 0 bridgehead atoms. The van der Waals surface area contributed by atoms with Crippen molar-refractivity contribution >= 4 is 11.8 Å². The number of aliphatic hydroxyl groups is 1. The summed E-state index contributed by atoms with van der Waals surface area (Å²) in [6.45, 7) is 2.07. The van der Waals surface area contributed by atoms with Crippen LogP contribution in [-0.2, 0) is 0 Å². The standard InChI is InChI=1S/C16H18O2S/c1-12-3-9-15(10-4-12)19-11-16(17)13-5-7-14(18-2)8-6-13/h3-10,16-17H,11H2,1-2H3. The smallest absolute Gasteiger partial charge is 0.118 e. The van der Waals surface area contributed by atoms with Gasteiger partial charge >= 0.3 is 0 Å². The summed E-state index contributed by atoms with van der Waals surface area (Å²) < 4.78 is 5.10. The Labute approximate surface area is 118 Å². The molecule has 2 rings (SSSR count). The van der Waals surface area contributed by atoms with Crippen molar-refractivity contribution in [1.29, 1.82) is 0 Å². The molecule has 0 saturated carbocycles. The van der Waals surface area contributed by atoms with Crippen LogP contribution in [0.3, 0.4) is 0 Å². The van der Waals surface area contributed by atoms with Crippen LogP contribution in [0.1, 0.15) is 17.2 Å². The molecule has 100 valence electrons. The third-order valence-corrected chi connectivity index (χ3v) is 4.02. The Morgan fingerprint density at radius 1 is 1.05 bits per heavy atom. The summed E-state index contributed by atoms with van der Waals surface area (Å²) in [5.41, 5.74) is 2.17. The van der Waals surface area contributed by atoms with Crippen LogP contribution in [-0.4, -0.2) is 18.0 Å². The molecule has 0 spiro atoms. The fourth-order valence-electron chi connectivity index (χ4n) is 1.73. The first-order chi connectivity index (χ1) is 9.19.